The predicted molar refractivity (Wildman–Crippen MR) is 103 cm³/mol. The Morgan fingerprint density at radius 3 is 2.79 bits per heavy atom. The zero-order valence-corrected chi connectivity index (χ0v) is 16.5. The van der Waals surface area contributed by atoms with Crippen LogP contribution in [0.2, 0.25) is 0 Å². The van der Waals surface area contributed by atoms with Crippen molar-refractivity contribution in [3.8, 4) is 11.4 Å². The van der Waals surface area contributed by atoms with E-state index in [-0.39, 0.29) is 17.4 Å². The average Bonchev–Trinajstić information content (AvgIpc) is 3.35. The van der Waals surface area contributed by atoms with Crippen LogP contribution >= 0.6 is 0 Å². The minimum absolute atomic E-state index is 0.0221. The van der Waals surface area contributed by atoms with Crippen molar-refractivity contribution in [1.82, 2.24) is 24.9 Å². The van der Waals surface area contributed by atoms with Gasteiger partial charge in [-0.3, -0.25) is 4.98 Å². The highest BCUT2D eigenvalue weighted by molar-refractivity contribution is 5.75. The highest BCUT2D eigenvalue weighted by Gasteiger charge is 2.52. The van der Waals surface area contributed by atoms with Crippen molar-refractivity contribution in [3.05, 3.63) is 30.4 Å². The molecule has 2 aliphatic rings. The molecule has 8 nitrogen and oxygen atoms in total. The molecule has 0 N–H and O–H groups in total. The van der Waals surface area contributed by atoms with Crippen molar-refractivity contribution in [3.63, 3.8) is 0 Å². The van der Waals surface area contributed by atoms with E-state index < -0.39 is 0 Å². The minimum Gasteiger partial charge on any atom is -0.381 e. The summed E-state index contributed by atoms with van der Waals surface area (Å²) in [6.45, 7) is 8.15. The molecular formula is C20H27N5O3. The summed E-state index contributed by atoms with van der Waals surface area (Å²) >= 11 is 0. The monoisotopic (exact) mass is 385 g/mol. The van der Waals surface area contributed by atoms with E-state index in [9.17, 15) is 4.79 Å². The first-order chi connectivity index (χ1) is 13.7. The van der Waals surface area contributed by atoms with Crippen LogP contribution in [0.1, 0.15) is 38.5 Å². The normalized spacial score (nSPS) is 21.2. The molecule has 2 aromatic rings. The Labute approximate surface area is 164 Å². The average molecular weight is 385 g/mol. The van der Waals surface area contributed by atoms with E-state index in [1.54, 1.807) is 12.4 Å². The van der Waals surface area contributed by atoms with Crippen molar-refractivity contribution in [2.24, 2.45) is 5.41 Å². The van der Waals surface area contributed by atoms with Crippen LogP contribution in [0.3, 0.4) is 0 Å². The highest BCUT2D eigenvalue weighted by atomic mass is 16.5. The Kier molecular flexibility index (Phi) is 5.30. The van der Waals surface area contributed by atoms with Crippen LogP contribution in [-0.4, -0.2) is 70.3 Å². The molecule has 28 heavy (non-hydrogen) atoms. The van der Waals surface area contributed by atoms with Gasteiger partial charge in [-0.2, -0.15) is 4.98 Å². The fraction of sp³-hybridized carbons (Fsp3) is 0.600. The Bertz CT molecular complexity index is 799. The summed E-state index contributed by atoms with van der Waals surface area (Å²) in [7, 11) is 0. The molecule has 2 fully saturated rings. The zero-order chi connectivity index (χ0) is 19.6. The summed E-state index contributed by atoms with van der Waals surface area (Å²) < 4.78 is 11.3. The summed E-state index contributed by atoms with van der Waals surface area (Å²) in [6, 6.07) is 3.85. The Morgan fingerprint density at radius 1 is 1.32 bits per heavy atom. The molecule has 0 radical (unpaired) electrons. The Morgan fingerprint density at radius 2 is 2.11 bits per heavy atom. The fourth-order valence-electron chi connectivity index (χ4n) is 4.42. The summed E-state index contributed by atoms with van der Waals surface area (Å²) in [5, 5.41) is 4.18. The molecule has 0 aliphatic carbocycles. The molecule has 2 aromatic heterocycles. The van der Waals surface area contributed by atoms with E-state index in [1.165, 1.54) is 0 Å². The first-order valence-corrected chi connectivity index (χ1v) is 10.0. The lowest BCUT2D eigenvalue weighted by atomic mass is 9.72. The molecule has 1 unspecified atom stereocenters. The number of nitrogens with zero attached hydrogens (tertiary/aromatic N) is 5. The summed E-state index contributed by atoms with van der Waals surface area (Å²) in [5.41, 5.74) is 0.757. The van der Waals surface area contributed by atoms with Crippen molar-refractivity contribution in [1.29, 1.82) is 0 Å². The van der Waals surface area contributed by atoms with Crippen LogP contribution in [0.5, 0.6) is 0 Å². The van der Waals surface area contributed by atoms with Gasteiger partial charge in [0.25, 0.3) is 0 Å². The van der Waals surface area contributed by atoms with Gasteiger partial charge in [-0.05, 0) is 38.8 Å². The number of pyridine rings is 1. The molecule has 1 atom stereocenters. The largest absolute Gasteiger partial charge is 0.381 e. The van der Waals surface area contributed by atoms with Crippen LogP contribution in [0, 0.1) is 5.41 Å². The van der Waals surface area contributed by atoms with Crippen LogP contribution < -0.4 is 0 Å². The molecule has 0 bridgehead atoms. The van der Waals surface area contributed by atoms with Crippen molar-refractivity contribution >= 4 is 6.03 Å². The summed E-state index contributed by atoms with van der Waals surface area (Å²) in [6.07, 6.45) is 5.23. The van der Waals surface area contributed by atoms with Gasteiger partial charge in [0, 0.05) is 62.8 Å². The quantitative estimate of drug-likeness (QED) is 0.805. The second kappa shape index (κ2) is 7.87. The number of hydrogen-bond donors (Lipinski definition) is 0. The SMILES string of the molecule is CCN(CC)C(=O)N1CC(c2nc(-c3cccnc3)no2)C2(CCOCC2)C1. The van der Waals surface area contributed by atoms with Gasteiger partial charge < -0.3 is 19.1 Å². The minimum atomic E-state index is -0.0696. The summed E-state index contributed by atoms with van der Waals surface area (Å²) in [4.78, 5) is 25.6. The van der Waals surface area contributed by atoms with Crippen LogP contribution in [0.15, 0.2) is 29.0 Å². The lowest BCUT2D eigenvalue weighted by Crippen LogP contribution is -2.43. The van der Waals surface area contributed by atoms with Gasteiger partial charge in [0.1, 0.15) is 0 Å². The fourth-order valence-corrected chi connectivity index (χ4v) is 4.42. The van der Waals surface area contributed by atoms with Gasteiger partial charge in [-0.25, -0.2) is 4.79 Å². The molecule has 0 saturated carbocycles. The van der Waals surface area contributed by atoms with Crippen LogP contribution in [0.4, 0.5) is 4.79 Å². The highest BCUT2D eigenvalue weighted by Crippen LogP contribution is 2.49. The number of amides is 2. The molecule has 2 aliphatic heterocycles. The van der Waals surface area contributed by atoms with Crippen LogP contribution in [0.25, 0.3) is 11.4 Å². The standard InChI is InChI=1S/C20H27N5O3/c1-3-24(4-2)19(26)25-13-16(20(14-25)7-10-27-11-8-20)18-22-17(23-28-18)15-6-5-9-21-12-15/h5-6,9,12,16H,3-4,7-8,10-11,13-14H2,1-2H3. The second-order valence-electron chi connectivity index (χ2n) is 7.56. The molecular weight excluding hydrogens is 358 g/mol. The third kappa shape index (κ3) is 3.37. The number of carbonyl (C=O) groups excluding carboxylic acids is 1. The number of hydrogen-bond acceptors (Lipinski definition) is 6. The second-order valence-corrected chi connectivity index (χ2v) is 7.56. The van der Waals surface area contributed by atoms with E-state index in [4.69, 9.17) is 9.26 Å². The Balaban J connectivity index is 1.62. The smallest absolute Gasteiger partial charge is 0.320 e. The molecule has 4 rings (SSSR count). The maximum atomic E-state index is 13.0. The van der Waals surface area contributed by atoms with Crippen LogP contribution in [-0.2, 0) is 4.74 Å². The van der Waals surface area contributed by atoms with Gasteiger partial charge in [0.2, 0.25) is 11.7 Å². The van der Waals surface area contributed by atoms with Gasteiger partial charge in [-0.1, -0.05) is 5.16 Å². The number of ether oxygens (including phenoxy) is 1. The number of urea groups is 1. The topological polar surface area (TPSA) is 84.6 Å². The third-order valence-corrected chi connectivity index (χ3v) is 6.10. The Hall–Kier alpha value is -2.48. The number of likely N-dealkylation sites (tertiary alicyclic amines) is 1. The maximum absolute atomic E-state index is 13.0. The molecule has 0 aromatic carbocycles. The van der Waals surface area contributed by atoms with Crippen molar-refractivity contribution < 1.29 is 14.1 Å². The van der Waals surface area contributed by atoms with E-state index >= 15 is 0 Å². The first kappa shape index (κ1) is 18.9. The molecule has 1 spiro atoms. The lowest BCUT2D eigenvalue weighted by Gasteiger charge is -2.36. The number of rotatable bonds is 4. The first-order valence-electron chi connectivity index (χ1n) is 10.0. The maximum Gasteiger partial charge on any atom is 0.320 e. The van der Waals surface area contributed by atoms with Crippen molar-refractivity contribution in [2.75, 3.05) is 39.4 Å². The van der Waals surface area contributed by atoms with E-state index in [0.717, 1.165) is 18.4 Å². The van der Waals surface area contributed by atoms with E-state index in [2.05, 4.69) is 15.1 Å². The third-order valence-electron chi connectivity index (χ3n) is 6.10. The van der Waals surface area contributed by atoms with Gasteiger partial charge in [0.15, 0.2) is 0 Å². The molecule has 8 heteroatoms. The summed E-state index contributed by atoms with van der Waals surface area (Å²) in [5.74, 6) is 1.17. The zero-order valence-electron chi connectivity index (χ0n) is 16.5. The number of aromatic nitrogens is 3. The predicted octanol–water partition coefficient (Wildman–Crippen LogP) is 2.79. The van der Waals surface area contributed by atoms with Crippen molar-refractivity contribution in [2.45, 2.75) is 32.6 Å². The molecule has 4 heterocycles. The van der Waals surface area contributed by atoms with Gasteiger partial charge in [0.05, 0.1) is 5.92 Å². The number of carbonyl (C=O) groups is 1. The van der Waals surface area contributed by atoms with Gasteiger partial charge in [-0.15, -0.1) is 0 Å². The lowest BCUT2D eigenvalue weighted by molar-refractivity contribution is 0.00896. The van der Waals surface area contributed by atoms with E-state index in [1.807, 2.05) is 35.8 Å². The molecule has 2 amide bonds. The van der Waals surface area contributed by atoms with Gasteiger partial charge >= 0.3 is 6.03 Å². The molecule has 150 valence electrons. The molecule has 2 saturated heterocycles. The van der Waals surface area contributed by atoms with E-state index in [0.29, 0.717) is 51.1 Å².